The van der Waals surface area contributed by atoms with Crippen LogP contribution in [0, 0.1) is 62.1 Å². The number of anilines is 6. The Bertz CT molecular complexity index is 4960. The van der Waals surface area contributed by atoms with Gasteiger partial charge >= 0.3 is 12.3 Å². The number of non-ortho nitro benzene ring substituents is 2. The van der Waals surface area contributed by atoms with Crippen LogP contribution in [0.5, 0.6) is 5.75 Å². The first-order valence-corrected chi connectivity index (χ1v) is 35.7. The average molecular weight is 1710 g/mol. The van der Waals surface area contributed by atoms with Gasteiger partial charge in [0.05, 0.1) is 98.0 Å². The summed E-state index contributed by atoms with van der Waals surface area (Å²) in [7, 11) is 0. The maximum absolute atomic E-state index is 14.4. The first kappa shape index (κ1) is 92.3. The zero-order chi connectivity index (χ0) is 82.7. The number of nitrogens with one attached hydrogen (secondary N) is 2. The molecule has 15 rings (SSSR count). The van der Waals surface area contributed by atoms with Gasteiger partial charge in [0.15, 0.2) is 23.1 Å². The number of Topliss-reactive ketones (excluding diaryl/α,β-unsaturated/α-hetero) is 1. The van der Waals surface area contributed by atoms with E-state index in [1.54, 1.807) is 105 Å². The van der Waals surface area contributed by atoms with Crippen LogP contribution >= 0.6 is 48.0 Å². The molecule has 0 atom stereocenters. The molecule has 0 unspecified atom stereocenters. The van der Waals surface area contributed by atoms with Crippen LogP contribution in [0.2, 0.25) is 10.0 Å². The first-order chi connectivity index (χ1) is 54.2. The van der Waals surface area contributed by atoms with E-state index in [-0.39, 0.29) is 78.8 Å². The number of β-amino-alcohol motifs (C(OH)–C–C–N with tert-alkyl or cyclic N) is 5. The van der Waals surface area contributed by atoms with Crippen LogP contribution in [0.1, 0.15) is 34.8 Å². The molecule has 5 aliphatic heterocycles. The fourth-order valence-corrected chi connectivity index (χ4v) is 11.7. The van der Waals surface area contributed by atoms with Crippen molar-refractivity contribution >= 4 is 105 Å². The van der Waals surface area contributed by atoms with Gasteiger partial charge in [-0.15, -0.1) is 24.8 Å². The van der Waals surface area contributed by atoms with Gasteiger partial charge in [0, 0.05) is 124 Å². The number of nitrogens with zero attached hydrogens (tertiary/aromatic N) is 10. The molecule has 1 amide bonds. The van der Waals surface area contributed by atoms with Crippen LogP contribution in [-0.2, 0) is 30.4 Å². The van der Waals surface area contributed by atoms with Crippen molar-refractivity contribution in [2.75, 3.05) is 96.1 Å². The molecular weight excluding hydrogens is 1630 g/mol. The van der Waals surface area contributed by atoms with Crippen LogP contribution in [-0.4, -0.2) is 163 Å². The van der Waals surface area contributed by atoms with Crippen molar-refractivity contribution in [3.05, 3.63) is 276 Å². The Hall–Kier alpha value is -10.8. The number of aryl methyl sites for hydroxylation is 2. The number of benzene rings is 8. The molecule has 0 saturated carbocycles. The molecule has 0 bridgehead atoms. The highest BCUT2D eigenvalue weighted by Crippen LogP contribution is 2.33. The Morgan fingerprint density at radius 2 is 0.991 bits per heavy atom. The molecule has 39 heteroatoms. The van der Waals surface area contributed by atoms with Crippen LogP contribution in [0.25, 0.3) is 11.4 Å². The first-order valence-electron chi connectivity index (χ1n) is 34.9. The summed E-state index contributed by atoms with van der Waals surface area (Å²) in [6, 6.07) is 44.8. The molecule has 620 valence electrons. The Morgan fingerprint density at radius 1 is 0.543 bits per heavy atom. The molecular formula is C77H79Cl4F9N14O12. The van der Waals surface area contributed by atoms with Gasteiger partial charge in [0.25, 0.3) is 11.4 Å². The van der Waals surface area contributed by atoms with Crippen molar-refractivity contribution in [1.29, 1.82) is 0 Å². The summed E-state index contributed by atoms with van der Waals surface area (Å²) in [6.45, 7) is 6.90. The number of rotatable bonds is 16. The lowest BCUT2D eigenvalue weighted by Gasteiger charge is -2.38. The number of carbonyl (C=O) groups excluding carboxylic acids is 2. The van der Waals surface area contributed by atoms with E-state index in [1.165, 1.54) is 36.4 Å². The predicted octanol–water partition coefficient (Wildman–Crippen LogP) is 12.7. The highest BCUT2D eigenvalue weighted by atomic mass is 35.5. The average Bonchev–Trinajstić information content (AvgIpc) is 1.26. The summed E-state index contributed by atoms with van der Waals surface area (Å²) in [4.78, 5) is 50.1. The molecule has 0 radical (unpaired) electrons. The van der Waals surface area contributed by atoms with Gasteiger partial charge in [0.2, 0.25) is 0 Å². The lowest BCUT2D eigenvalue weighted by molar-refractivity contribution is -0.385. The van der Waals surface area contributed by atoms with Crippen molar-refractivity contribution in [1.82, 2.24) is 24.9 Å². The molecule has 26 nitrogen and oxygen atoms in total. The van der Waals surface area contributed by atoms with Crippen molar-refractivity contribution in [2.24, 2.45) is 5.73 Å². The second kappa shape index (κ2) is 42.7. The molecule has 8 aromatic carbocycles. The number of carbonyl (C=O) groups is 2. The zero-order valence-electron chi connectivity index (χ0n) is 61.3. The topological polar surface area (TPSA) is 356 Å². The maximum Gasteiger partial charge on any atom is 0.435 e. The third kappa shape index (κ3) is 26.6. The smallest absolute Gasteiger partial charge is 0.410 e. The molecule has 5 saturated heterocycles. The lowest BCUT2D eigenvalue weighted by atomic mass is 10.0. The number of amides is 1. The zero-order valence-corrected chi connectivity index (χ0v) is 64.4. The Labute approximate surface area is 679 Å². The fourth-order valence-electron chi connectivity index (χ4n) is 11.3. The second-order valence-electron chi connectivity index (χ2n) is 26.3. The number of nitro benzene ring substituents is 2. The molecule has 7 heterocycles. The minimum absolute atomic E-state index is 0. The van der Waals surface area contributed by atoms with Gasteiger partial charge in [-0.25, -0.2) is 40.5 Å². The van der Waals surface area contributed by atoms with E-state index in [0.29, 0.717) is 139 Å². The number of aliphatic hydroxyl groups is 5. The number of ketones is 1. The van der Waals surface area contributed by atoms with Crippen molar-refractivity contribution in [3.63, 3.8) is 0 Å². The quantitative estimate of drug-likeness (QED) is 0.0188. The van der Waals surface area contributed by atoms with Gasteiger partial charge in [0.1, 0.15) is 29.0 Å². The lowest BCUT2D eigenvalue weighted by Crippen LogP contribution is -2.51. The monoisotopic (exact) mass is 1700 g/mol. The number of aromatic nitrogens is 4. The van der Waals surface area contributed by atoms with E-state index in [4.69, 9.17) is 54.7 Å². The van der Waals surface area contributed by atoms with Gasteiger partial charge < -0.3 is 66.7 Å². The maximum atomic E-state index is 14.4. The number of nitrogens with two attached hydrogens (primary N) is 2. The standard InChI is InChI=1S/C23H23ClFN3O2.C16H15FN2O3.C11H9ClF3N3.C9H9FN2O3.C9H11FN2O.C6H3F2NO2.C3H7NO.2ClH/c1-15-9-19(28(26-15)18-4-2-3-17(24)12-18)6-7-20(29)10-16-5-8-23(22(25)11-16)27-13-21(30)14-27;17-14-8-11(6-7-15(14)19-9-12(20)10-19)18-16(21)22-13-4-2-1-3-5-13;12-7-2-1-3-8(4-7)18-9(6-16)5-10(17-18)11(13,14)15;10-8-3-6(12(14)15)1-2-9(8)11-4-7(13)5-11;10-8-3-6(11)1-2-9(8)12-4-7(13)5-12;7-5-2-1-4(9(10)11)3-6(5)8;5-3-1-4-2-3;;/h2-5,8-9,11-12,21,30H,6-7,10,13-14H2,1H3;1-8,12,20H,9-10H2,(H,18,21);1-5H,6,16H2;1-3,7,13H,4-5H2;1-3,7,13H,4-5,11H2;1-3H;3-5H,1-2H2;2*1H. The normalized spacial score (nSPS) is 14.3. The van der Waals surface area contributed by atoms with Crippen LogP contribution in [0.4, 0.5) is 89.8 Å². The highest BCUT2D eigenvalue weighted by Gasteiger charge is 2.36. The van der Waals surface area contributed by atoms with Gasteiger partial charge in [-0.3, -0.25) is 30.3 Å². The molecule has 0 spiro atoms. The van der Waals surface area contributed by atoms with E-state index in [2.05, 4.69) is 20.8 Å². The van der Waals surface area contributed by atoms with E-state index in [1.807, 2.05) is 41.9 Å². The summed E-state index contributed by atoms with van der Waals surface area (Å²) in [5, 5.41) is 79.9. The summed E-state index contributed by atoms with van der Waals surface area (Å²) >= 11 is 11.9. The van der Waals surface area contributed by atoms with Crippen LogP contribution in [0.3, 0.4) is 0 Å². The minimum Gasteiger partial charge on any atom is -0.410 e. The number of nitrogen functional groups attached to an aromatic ring is 1. The third-order valence-corrected chi connectivity index (χ3v) is 17.8. The number of nitro groups is 2. The summed E-state index contributed by atoms with van der Waals surface area (Å²) < 4.78 is 125. The van der Waals surface area contributed by atoms with Gasteiger partial charge in [-0.05, 0) is 140 Å². The SMILES string of the molecule is Cc1cc(CCC(=O)Cc2ccc(N3CC(O)C3)c(F)c2)n(-c2cccc(Cl)c2)n1.Cl.Cl.NCc1cc(C(F)(F)F)nn1-c1cccc(Cl)c1.Nc1ccc(N2CC(O)C2)c(F)c1.O=C(Nc1ccc(N2CC(O)C2)c(F)c1)Oc1ccccc1.O=[N+]([O-])c1ccc(F)c(F)c1.O=[N+]([O-])c1ccc(N2CC(O)C2)c(F)c1.OC1CNC1. The number of ether oxygens (including phenoxy) is 1. The second-order valence-corrected chi connectivity index (χ2v) is 27.2. The number of hydrogen-bond donors (Lipinski definition) is 9. The van der Waals surface area contributed by atoms with E-state index in [9.17, 15) is 79.5 Å². The Balaban J connectivity index is 0.000000195. The Kier molecular flexibility index (Phi) is 34.0. The van der Waals surface area contributed by atoms with Crippen molar-refractivity contribution in [2.45, 2.75) is 69.4 Å². The van der Waals surface area contributed by atoms with E-state index < -0.39 is 75.1 Å². The summed E-state index contributed by atoms with van der Waals surface area (Å²) in [6.07, 6.45) is -5.71. The summed E-state index contributed by atoms with van der Waals surface area (Å²) in [5.41, 5.74) is 15.6. The number of para-hydroxylation sites is 1. The molecule has 11 N–H and O–H groups in total. The number of halogens is 13. The number of aliphatic hydroxyl groups excluding tert-OH is 5. The molecule has 0 aliphatic carbocycles. The molecule has 116 heavy (non-hydrogen) atoms. The predicted molar refractivity (Wildman–Crippen MR) is 424 cm³/mol. The highest BCUT2D eigenvalue weighted by molar-refractivity contribution is 6.31. The molecule has 5 fully saturated rings. The number of alkyl halides is 3. The minimum atomic E-state index is -4.49. The third-order valence-electron chi connectivity index (χ3n) is 17.3. The van der Waals surface area contributed by atoms with Gasteiger partial charge in [-0.2, -0.15) is 23.4 Å². The molecule has 2 aromatic heterocycles. The summed E-state index contributed by atoms with van der Waals surface area (Å²) in [5.74, 6) is -3.62. The fraction of sp³-hybridized carbons (Fsp3) is 0.273. The molecule has 10 aromatic rings. The van der Waals surface area contributed by atoms with Crippen molar-refractivity contribution in [3.8, 4) is 17.1 Å². The van der Waals surface area contributed by atoms with Crippen molar-refractivity contribution < 1.29 is 89.2 Å². The van der Waals surface area contributed by atoms with Gasteiger partial charge in [-0.1, -0.05) is 59.6 Å². The molecule has 5 aliphatic rings. The number of hydrogen-bond acceptors (Lipinski definition) is 21. The van der Waals surface area contributed by atoms with Crippen LogP contribution in [0.15, 0.2) is 182 Å². The van der Waals surface area contributed by atoms with Crippen LogP contribution < -0.4 is 46.4 Å². The van der Waals surface area contributed by atoms with E-state index in [0.717, 1.165) is 53.0 Å². The Morgan fingerprint density at radius 3 is 1.41 bits per heavy atom. The van der Waals surface area contributed by atoms with E-state index >= 15 is 0 Å². The largest absolute Gasteiger partial charge is 0.435 e.